The quantitative estimate of drug-likeness (QED) is 0.718. The van der Waals surface area contributed by atoms with Gasteiger partial charge < -0.3 is 5.32 Å². The van der Waals surface area contributed by atoms with Crippen LogP contribution in [-0.4, -0.2) is 36.6 Å². The molecular weight excluding hydrogens is 160 g/mol. The fourth-order valence-corrected chi connectivity index (χ4v) is 2.48. The average Bonchev–Trinajstić information content (AvgIpc) is 2.33. The van der Waals surface area contributed by atoms with Crippen LogP contribution in [-0.2, 0) is 0 Å². The van der Waals surface area contributed by atoms with Gasteiger partial charge in [0.25, 0.3) is 0 Å². The molecule has 0 aromatic rings. The summed E-state index contributed by atoms with van der Waals surface area (Å²) in [4.78, 5) is 2.63. The Labute approximate surface area is 82.7 Å². The van der Waals surface area contributed by atoms with Crippen molar-refractivity contribution in [3.8, 4) is 0 Å². The molecule has 1 aliphatic rings. The lowest BCUT2D eigenvalue weighted by Crippen LogP contribution is -2.52. The molecule has 2 unspecified atom stereocenters. The summed E-state index contributed by atoms with van der Waals surface area (Å²) in [5, 5.41) is 3.28. The molecular formula is C11H24N2. The zero-order valence-corrected chi connectivity index (χ0v) is 9.72. The minimum atomic E-state index is 0.304. The second-order valence-electron chi connectivity index (χ2n) is 5.04. The van der Waals surface area contributed by atoms with Crippen LogP contribution in [0.4, 0.5) is 0 Å². The fraction of sp³-hybridized carbons (Fsp3) is 1.00. The van der Waals surface area contributed by atoms with E-state index < -0.39 is 0 Å². The van der Waals surface area contributed by atoms with Crippen molar-refractivity contribution in [3.63, 3.8) is 0 Å². The maximum atomic E-state index is 3.28. The van der Waals surface area contributed by atoms with Crippen LogP contribution in [0.25, 0.3) is 0 Å². The van der Waals surface area contributed by atoms with Crippen LogP contribution >= 0.6 is 0 Å². The highest BCUT2D eigenvalue weighted by molar-refractivity contribution is 4.92. The van der Waals surface area contributed by atoms with Gasteiger partial charge in [-0.25, -0.2) is 0 Å². The van der Waals surface area contributed by atoms with Crippen LogP contribution in [0.15, 0.2) is 0 Å². The summed E-state index contributed by atoms with van der Waals surface area (Å²) in [7, 11) is 2.03. The van der Waals surface area contributed by atoms with E-state index in [1.807, 2.05) is 7.05 Å². The van der Waals surface area contributed by atoms with E-state index in [-0.39, 0.29) is 0 Å². The standard InChI is InChI=1S/C11H24N2/c1-9-6-7-13(10(9)2)11(3,4)8-12-5/h9-10,12H,6-8H2,1-5H3. The second kappa shape index (κ2) is 3.97. The van der Waals surface area contributed by atoms with Crippen molar-refractivity contribution in [2.45, 2.75) is 45.7 Å². The summed E-state index contributed by atoms with van der Waals surface area (Å²) < 4.78 is 0. The molecule has 1 saturated heterocycles. The molecule has 0 amide bonds. The highest BCUT2D eigenvalue weighted by atomic mass is 15.2. The normalized spacial score (nSPS) is 31.2. The first-order valence-corrected chi connectivity index (χ1v) is 5.40. The Morgan fingerprint density at radius 1 is 1.38 bits per heavy atom. The molecule has 0 aliphatic carbocycles. The van der Waals surface area contributed by atoms with Crippen molar-refractivity contribution >= 4 is 0 Å². The average molecular weight is 184 g/mol. The molecule has 1 fully saturated rings. The molecule has 78 valence electrons. The van der Waals surface area contributed by atoms with Gasteiger partial charge in [0.05, 0.1) is 0 Å². The number of nitrogens with zero attached hydrogens (tertiary/aromatic N) is 1. The van der Waals surface area contributed by atoms with E-state index in [4.69, 9.17) is 0 Å². The minimum Gasteiger partial charge on any atom is -0.318 e. The van der Waals surface area contributed by atoms with Gasteiger partial charge in [-0.1, -0.05) is 6.92 Å². The number of likely N-dealkylation sites (tertiary alicyclic amines) is 1. The molecule has 0 saturated carbocycles. The van der Waals surface area contributed by atoms with Crippen LogP contribution in [0.2, 0.25) is 0 Å². The van der Waals surface area contributed by atoms with Crippen LogP contribution in [0.3, 0.4) is 0 Å². The summed E-state index contributed by atoms with van der Waals surface area (Å²) >= 11 is 0. The van der Waals surface area contributed by atoms with E-state index >= 15 is 0 Å². The Kier molecular flexibility index (Phi) is 3.36. The third-order valence-electron chi connectivity index (χ3n) is 3.53. The van der Waals surface area contributed by atoms with E-state index in [0.717, 1.165) is 18.5 Å². The molecule has 2 heteroatoms. The summed E-state index contributed by atoms with van der Waals surface area (Å²) in [6.07, 6.45) is 1.36. The van der Waals surface area contributed by atoms with Crippen molar-refractivity contribution in [2.24, 2.45) is 5.92 Å². The number of nitrogens with one attached hydrogen (secondary N) is 1. The Morgan fingerprint density at radius 3 is 2.38 bits per heavy atom. The summed E-state index contributed by atoms with van der Waals surface area (Å²) in [6, 6.07) is 0.739. The highest BCUT2D eigenvalue weighted by Crippen LogP contribution is 2.29. The number of rotatable bonds is 3. The first kappa shape index (κ1) is 11.0. The molecule has 0 bridgehead atoms. The number of likely N-dealkylation sites (N-methyl/N-ethyl adjacent to an activating group) is 1. The third kappa shape index (κ3) is 2.23. The first-order chi connectivity index (χ1) is 5.99. The van der Waals surface area contributed by atoms with Crippen molar-refractivity contribution in [2.75, 3.05) is 20.1 Å². The lowest BCUT2D eigenvalue weighted by molar-refractivity contribution is 0.104. The van der Waals surface area contributed by atoms with E-state index in [2.05, 4.69) is 37.9 Å². The van der Waals surface area contributed by atoms with Crippen molar-refractivity contribution in [1.29, 1.82) is 0 Å². The predicted molar refractivity (Wildman–Crippen MR) is 58.0 cm³/mol. The van der Waals surface area contributed by atoms with Gasteiger partial charge in [-0.3, -0.25) is 4.90 Å². The molecule has 1 aliphatic heterocycles. The SMILES string of the molecule is CNCC(C)(C)N1CCC(C)C1C. The van der Waals surface area contributed by atoms with Gasteiger partial charge >= 0.3 is 0 Å². The summed E-state index contributed by atoms with van der Waals surface area (Å²) in [6.45, 7) is 11.7. The topological polar surface area (TPSA) is 15.3 Å². The molecule has 0 aromatic heterocycles. The van der Waals surface area contributed by atoms with Crippen molar-refractivity contribution in [3.05, 3.63) is 0 Å². The summed E-state index contributed by atoms with van der Waals surface area (Å²) in [5.41, 5.74) is 0.304. The fourth-order valence-electron chi connectivity index (χ4n) is 2.48. The molecule has 1 N–H and O–H groups in total. The Bertz CT molecular complexity index is 165. The van der Waals surface area contributed by atoms with Crippen molar-refractivity contribution in [1.82, 2.24) is 10.2 Å². The van der Waals surface area contributed by atoms with E-state index in [9.17, 15) is 0 Å². The van der Waals surface area contributed by atoms with E-state index in [1.165, 1.54) is 13.0 Å². The monoisotopic (exact) mass is 184 g/mol. The summed E-state index contributed by atoms with van der Waals surface area (Å²) in [5.74, 6) is 0.858. The van der Waals surface area contributed by atoms with Crippen LogP contribution in [0, 0.1) is 5.92 Å². The zero-order valence-electron chi connectivity index (χ0n) is 9.72. The van der Waals surface area contributed by atoms with Crippen molar-refractivity contribution < 1.29 is 0 Å². The third-order valence-corrected chi connectivity index (χ3v) is 3.53. The first-order valence-electron chi connectivity index (χ1n) is 5.40. The lowest BCUT2D eigenvalue weighted by atomic mass is 9.99. The molecule has 2 nitrogen and oxygen atoms in total. The van der Waals surface area contributed by atoms with Crippen LogP contribution < -0.4 is 5.32 Å². The van der Waals surface area contributed by atoms with Crippen LogP contribution in [0.5, 0.6) is 0 Å². The minimum absolute atomic E-state index is 0.304. The lowest BCUT2D eigenvalue weighted by Gasteiger charge is -2.39. The molecule has 0 radical (unpaired) electrons. The second-order valence-corrected chi connectivity index (χ2v) is 5.04. The zero-order chi connectivity index (χ0) is 10.1. The largest absolute Gasteiger partial charge is 0.318 e. The predicted octanol–water partition coefficient (Wildman–Crippen LogP) is 1.71. The van der Waals surface area contributed by atoms with E-state index in [1.54, 1.807) is 0 Å². The van der Waals surface area contributed by atoms with Gasteiger partial charge in [0.2, 0.25) is 0 Å². The highest BCUT2D eigenvalue weighted by Gasteiger charge is 2.36. The van der Waals surface area contributed by atoms with Gasteiger partial charge in [0.15, 0.2) is 0 Å². The Balaban J connectivity index is 2.61. The van der Waals surface area contributed by atoms with Gasteiger partial charge in [-0.05, 0) is 46.7 Å². The molecule has 0 spiro atoms. The van der Waals surface area contributed by atoms with Gasteiger partial charge in [-0.2, -0.15) is 0 Å². The Morgan fingerprint density at radius 2 is 2.00 bits per heavy atom. The number of hydrogen-bond donors (Lipinski definition) is 1. The van der Waals surface area contributed by atoms with Gasteiger partial charge in [0, 0.05) is 18.1 Å². The molecule has 0 aromatic carbocycles. The van der Waals surface area contributed by atoms with E-state index in [0.29, 0.717) is 5.54 Å². The molecule has 1 rings (SSSR count). The van der Waals surface area contributed by atoms with Crippen LogP contribution in [0.1, 0.15) is 34.1 Å². The van der Waals surface area contributed by atoms with Gasteiger partial charge in [0.1, 0.15) is 0 Å². The molecule has 2 atom stereocenters. The Hall–Kier alpha value is -0.0800. The van der Waals surface area contributed by atoms with Gasteiger partial charge in [-0.15, -0.1) is 0 Å². The molecule has 1 heterocycles. The number of hydrogen-bond acceptors (Lipinski definition) is 2. The maximum absolute atomic E-state index is 3.28. The smallest absolute Gasteiger partial charge is 0.0280 e. The molecule has 13 heavy (non-hydrogen) atoms. The maximum Gasteiger partial charge on any atom is 0.0280 e.